The predicted molar refractivity (Wildman–Crippen MR) is 75.6 cm³/mol. The second kappa shape index (κ2) is 7.31. The molecule has 0 saturated carbocycles. The number of hydrogen-bond acceptors (Lipinski definition) is 3. The third-order valence-corrected chi connectivity index (χ3v) is 4.29. The largest absolute Gasteiger partial charge is 0.316 e. The molecule has 18 heavy (non-hydrogen) atoms. The molecule has 0 aliphatic carbocycles. The molecule has 1 rings (SSSR count). The van der Waals surface area contributed by atoms with Gasteiger partial charge in [-0.2, -0.15) is 0 Å². The molecule has 0 bridgehead atoms. The summed E-state index contributed by atoms with van der Waals surface area (Å²) >= 11 is 11.9. The zero-order valence-electron chi connectivity index (χ0n) is 10.0. The predicted octanol–water partition coefficient (Wildman–Crippen LogP) is 2.02. The maximum atomic E-state index is 11.8. The third-order valence-electron chi connectivity index (χ3n) is 2.27. The standard InChI is InChI=1S/C11H16Cl2N2O2S/c1-2-14-6-7-15-18(16,17)8-9-10(12)4-3-5-11(9)13/h3-5,14-15H,2,6-8H2,1H3. The molecular formula is C11H16Cl2N2O2S. The minimum absolute atomic E-state index is 0.211. The van der Waals surface area contributed by atoms with Gasteiger partial charge >= 0.3 is 0 Å². The van der Waals surface area contributed by atoms with E-state index in [0.717, 1.165) is 6.54 Å². The third kappa shape index (κ3) is 5.12. The van der Waals surface area contributed by atoms with Gasteiger partial charge in [0.2, 0.25) is 10.0 Å². The lowest BCUT2D eigenvalue weighted by Crippen LogP contribution is -2.32. The normalized spacial score (nSPS) is 11.7. The zero-order chi connectivity index (χ0) is 13.6. The Balaban J connectivity index is 2.65. The number of hydrogen-bond donors (Lipinski definition) is 2. The quantitative estimate of drug-likeness (QED) is 0.758. The number of benzene rings is 1. The van der Waals surface area contributed by atoms with Gasteiger partial charge in [0.25, 0.3) is 0 Å². The summed E-state index contributed by atoms with van der Waals surface area (Å²) < 4.78 is 26.1. The highest BCUT2D eigenvalue weighted by atomic mass is 35.5. The first kappa shape index (κ1) is 15.7. The SMILES string of the molecule is CCNCCNS(=O)(=O)Cc1c(Cl)cccc1Cl. The van der Waals surface area contributed by atoms with E-state index in [1.165, 1.54) is 0 Å². The van der Waals surface area contributed by atoms with Crippen molar-refractivity contribution in [2.75, 3.05) is 19.6 Å². The van der Waals surface area contributed by atoms with E-state index < -0.39 is 10.0 Å². The fraction of sp³-hybridized carbons (Fsp3) is 0.455. The van der Waals surface area contributed by atoms with Crippen molar-refractivity contribution in [3.63, 3.8) is 0 Å². The summed E-state index contributed by atoms with van der Waals surface area (Å²) in [5, 5.41) is 3.75. The Morgan fingerprint density at radius 2 is 1.78 bits per heavy atom. The molecular weight excluding hydrogens is 295 g/mol. The van der Waals surface area contributed by atoms with Crippen LogP contribution >= 0.6 is 23.2 Å². The van der Waals surface area contributed by atoms with E-state index in [1.807, 2.05) is 6.92 Å². The molecule has 0 heterocycles. The van der Waals surface area contributed by atoms with Gasteiger partial charge in [-0.15, -0.1) is 0 Å². The molecule has 0 aliphatic rings. The van der Waals surface area contributed by atoms with Gasteiger partial charge in [0.15, 0.2) is 0 Å². The smallest absolute Gasteiger partial charge is 0.215 e. The molecule has 0 amide bonds. The van der Waals surface area contributed by atoms with Crippen molar-refractivity contribution >= 4 is 33.2 Å². The van der Waals surface area contributed by atoms with Gasteiger partial charge in [-0.25, -0.2) is 13.1 Å². The molecule has 0 saturated heterocycles. The van der Waals surface area contributed by atoms with Gasteiger partial charge in [-0.3, -0.25) is 0 Å². The Bertz CT molecular complexity index is 472. The first-order valence-electron chi connectivity index (χ1n) is 5.57. The van der Waals surface area contributed by atoms with Crippen LogP contribution in [0.2, 0.25) is 10.0 Å². The van der Waals surface area contributed by atoms with E-state index in [9.17, 15) is 8.42 Å². The molecule has 1 aromatic rings. The Kier molecular flexibility index (Phi) is 6.38. The van der Waals surface area contributed by atoms with Crippen LogP contribution < -0.4 is 10.0 Å². The molecule has 0 spiro atoms. The van der Waals surface area contributed by atoms with Crippen LogP contribution in [0.25, 0.3) is 0 Å². The van der Waals surface area contributed by atoms with Crippen molar-refractivity contribution in [3.8, 4) is 0 Å². The average Bonchev–Trinajstić information content (AvgIpc) is 2.30. The summed E-state index contributed by atoms with van der Waals surface area (Å²) in [6, 6.07) is 4.92. The minimum atomic E-state index is -3.42. The highest BCUT2D eigenvalue weighted by molar-refractivity contribution is 7.88. The summed E-state index contributed by atoms with van der Waals surface area (Å²) in [6.07, 6.45) is 0. The Morgan fingerprint density at radius 3 is 2.33 bits per heavy atom. The number of likely N-dealkylation sites (N-methyl/N-ethyl adjacent to an activating group) is 1. The van der Waals surface area contributed by atoms with E-state index in [1.54, 1.807) is 18.2 Å². The van der Waals surface area contributed by atoms with Crippen molar-refractivity contribution in [1.82, 2.24) is 10.0 Å². The van der Waals surface area contributed by atoms with Gasteiger partial charge in [0.05, 0.1) is 5.75 Å². The van der Waals surface area contributed by atoms with Gasteiger partial charge in [0.1, 0.15) is 0 Å². The van der Waals surface area contributed by atoms with E-state index in [-0.39, 0.29) is 5.75 Å². The molecule has 0 fully saturated rings. The molecule has 0 aliphatic heterocycles. The van der Waals surface area contributed by atoms with Crippen LogP contribution in [0.3, 0.4) is 0 Å². The van der Waals surface area contributed by atoms with Crippen LogP contribution in [0.1, 0.15) is 12.5 Å². The molecule has 1 aromatic carbocycles. The fourth-order valence-electron chi connectivity index (χ4n) is 1.38. The molecule has 2 N–H and O–H groups in total. The van der Waals surface area contributed by atoms with Gasteiger partial charge < -0.3 is 5.32 Å². The highest BCUT2D eigenvalue weighted by Crippen LogP contribution is 2.25. The van der Waals surface area contributed by atoms with Crippen LogP contribution in [0.5, 0.6) is 0 Å². The van der Waals surface area contributed by atoms with E-state index in [4.69, 9.17) is 23.2 Å². The first-order chi connectivity index (χ1) is 8.46. The van der Waals surface area contributed by atoms with Crippen LogP contribution in [0.15, 0.2) is 18.2 Å². The van der Waals surface area contributed by atoms with Crippen molar-refractivity contribution in [2.24, 2.45) is 0 Å². The monoisotopic (exact) mass is 310 g/mol. The van der Waals surface area contributed by atoms with Crippen molar-refractivity contribution in [1.29, 1.82) is 0 Å². The van der Waals surface area contributed by atoms with E-state index in [0.29, 0.717) is 28.7 Å². The van der Waals surface area contributed by atoms with Crippen LogP contribution in [0.4, 0.5) is 0 Å². The van der Waals surface area contributed by atoms with E-state index in [2.05, 4.69) is 10.0 Å². The topological polar surface area (TPSA) is 58.2 Å². The van der Waals surface area contributed by atoms with E-state index >= 15 is 0 Å². The number of halogens is 2. The Labute approximate surface area is 118 Å². The number of sulfonamides is 1. The maximum Gasteiger partial charge on any atom is 0.215 e. The van der Waals surface area contributed by atoms with Gasteiger partial charge in [-0.1, -0.05) is 36.2 Å². The van der Waals surface area contributed by atoms with Crippen LogP contribution in [0, 0.1) is 0 Å². The maximum absolute atomic E-state index is 11.8. The summed E-state index contributed by atoms with van der Waals surface area (Å²) in [4.78, 5) is 0. The summed E-state index contributed by atoms with van der Waals surface area (Å²) in [7, 11) is -3.42. The zero-order valence-corrected chi connectivity index (χ0v) is 12.4. The molecule has 0 aromatic heterocycles. The van der Waals surface area contributed by atoms with Crippen molar-refractivity contribution in [3.05, 3.63) is 33.8 Å². The lowest BCUT2D eigenvalue weighted by Gasteiger charge is -2.09. The lowest BCUT2D eigenvalue weighted by atomic mass is 10.2. The number of nitrogens with one attached hydrogen (secondary N) is 2. The molecule has 7 heteroatoms. The number of rotatable bonds is 7. The second-order valence-electron chi connectivity index (χ2n) is 3.71. The molecule has 0 radical (unpaired) electrons. The lowest BCUT2D eigenvalue weighted by molar-refractivity contribution is 0.576. The Morgan fingerprint density at radius 1 is 1.17 bits per heavy atom. The summed E-state index contributed by atoms with van der Waals surface area (Å²) in [5.74, 6) is -0.211. The minimum Gasteiger partial charge on any atom is -0.316 e. The molecule has 102 valence electrons. The molecule has 0 unspecified atom stereocenters. The van der Waals surface area contributed by atoms with Gasteiger partial charge in [0, 0.05) is 28.7 Å². The Hall–Kier alpha value is -0.330. The first-order valence-corrected chi connectivity index (χ1v) is 7.98. The second-order valence-corrected chi connectivity index (χ2v) is 6.33. The average molecular weight is 311 g/mol. The van der Waals surface area contributed by atoms with Crippen molar-refractivity contribution in [2.45, 2.75) is 12.7 Å². The fourth-order valence-corrected chi connectivity index (χ4v) is 3.28. The van der Waals surface area contributed by atoms with Crippen LogP contribution in [-0.4, -0.2) is 28.1 Å². The highest BCUT2D eigenvalue weighted by Gasteiger charge is 2.15. The molecule has 4 nitrogen and oxygen atoms in total. The van der Waals surface area contributed by atoms with Gasteiger partial charge in [-0.05, 0) is 18.7 Å². The van der Waals surface area contributed by atoms with Crippen molar-refractivity contribution < 1.29 is 8.42 Å². The van der Waals surface area contributed by atoms with Crippen LogP contribution in [-0.2, 0) is 15.8 Å². The summed E-state index contributed by atoms with van der Waals surface area (Å²) in [5.41, 5.74) is 0.428. The summed E-state index contributed by atoms with van der Waals surface area (Å²) in [6.45, 7) is 3.69. The molecule has 0 atom stereocenters.